The van der Waals surface area contributed by atoms with Crippen molar-refractivity contribution in [2.24, 2.45) is 7.05 Å². The smallest absolute Gasteiger partial charge is 0.133 e. The molecule has 0 radical (unpaired) electrons. The Balaban J connectivity index is 1.80. The second-order valence-corrected chi connectivity index (χ2v) is 5.72. The molecule has 0 amide bonds. The van der Waals surface area contributed by atoms with Gasteiger partial charge in [-0.15, -0.1) is 0 Å². The van der Waals surface area contributed by atoms with Crippen LogP contribution in [0.3, 0.4) is 0 Å². The molecule has 0 bridgehead atoms. The summed E-state index contributed by atoms with van der Waals surface area (Å²) in [6.45, 7) is 4.01. The number of aromatic nitrogens is 3. The van der Waals surface area contributed by atoms with Crippen LogP contribution >= 0.6 is 0 Å². The maximum Gasteiger partial charge on any atom is 0.133 e. The molecule has 0 aliphatic carbocycles. The highest BCUT2D eigenvalue weighted by Gasteiger charge is 2.25. The topological polar surface area (TPSA) is 47.1 Å². The van der Waals surface area contributed by atoms with E-state index in [2.05, 4.69) is 27.4 Å². The van der Waals surface area contributed by atoms with Crippen molar-refractivity contribution in [3.8, 4) is 0 Å². The average Bonchev–Trinajstić information content (AvgIpc) is 2.95. The average molecular weight is 274 g/mol. The fraction of sp³-hybridized carbons (Fsp3) is 0.600. The van der Waals surface area contributed by atoms with Gasteiger partial charge in [0, 0.05) is 31.4 Å². The summed E-state index contributed by atoms with van der Waals surface area (Å²) in [4.78, 5) is 2.52. The molecule has 2 aromatic rings. The van der Waals surface area contributed by atoms with Gasteiger partial charge in [0.25, 0.3) is 0 Å². The Morgan fingerprint density at radius 2 is 2.25 bits per heavy atom. The van der Waals surface area contributed by atoms with E-state index in [1.54, 1.807) is 0 Å². The van der Waals surface area contributed by atoms with Crippen molar-refractivity contribution >= 4 is 0 Å². The summed E-state index contributed by atoms with van der Waals surface area (Å²) < 4.78 is 7.13. The first kappa shape index (κ1) is 13.4. The van der Waals surface area contributed by atoms with Gasteiger partial charge in [-0.05, 0) is 26.3 Å². The molecule has 1 saturated heterocycles. The molecule has 0 spiro atoms. The lowest BCUT2D eigenvalue weighted by atomic mass is 10.1. The first-order valence-corrected chi connectivity index (χ1v) is 7.37. The summed E-state index contributed by atoms with van der Waals surface area (Å²) >= 11 is 0. The zero-order chi connectivity index (χ0) is 13.9. The van der Waals surface area contributed by atoms with E-state index < -0.39 is 0 Å². The number of hydrogen-bond acceptors (Lipinski definition) is 4. The second kappa shape index (κ2) is 5.79. The Bertz CT molecular complexity index is 560. The summed E-state index contributed by atoms with van der Waals surface area (Å²) in [7, 11) is 1.96. The highest BCUT2D eigenvalue weighted by Crippen LogP contribution is 2.30. The Morgan fingerprint density at radius 1 is 1.35 bits per heavy atom. The molecule has 5 nitrogen and oxygen atoms in total. The first-order valence-electron chi connectivity index (χ1n) is 7.37. The minimum absolute atomic E-state index is 0.371. The highest BCUT2D eigenvalue weighted by atomic mass is 16.5. The molecule has 1 aliphatic rings. The molecule has 0 saturated carbocycles. The van der Waals surface area contributed by atoms with E-state index in [1.165, 1.54) is 24.8 Å². The van der Waals surface area contributed by atoms with Gasteiger partial charge in [-0.2, -0.15) is 5.10 Å². The molecule has 3 heterocycles. The summed E-state index contributed by atoms with van der Waals surface area (Å²) in [5.74, 6) is 0.894. The standard InChI is InChI=1S/C15H22N4O/c1-12-8-14(17-20-12)15-6-4-3-5-7-19(15)11-13-9-16-18(2)10-13/h8-10,15H,3-7,11H2,1-2H3/t15-/m1/s1. The molecule has 0 N–H and O–H groups in total. The van der Waals surface area contributed by atoms with Crippen LogP contribution in [0.5, 0.6) is 0 Å². The van der Waals surface area contributed by atoms with E-state index in [0.717, 1.165) is 31.0 Å². The third-order valence-corrected chi connectivity index (χ3v) is 4.00. The van der Waals surface area contributed by atoms with Crippen molar-refractivity contribution < 1.29 is 4.52 Å². The van der Waals surface area contributed by atoms with Gasteiger partial charge in [-0.25, -0.2) is 0 Å². The lowest BCUT2D eigenvalue weighted by Gasteiger charge is -2.27. The maximum atomic E-state index is 5.27. The quantitative estimate of drug-likeness (QED) is 0.863. The third kappa shape index (κ3) is 2.93. The number of aryl methyl sites for hydroxylation is 2. The normalized spacial score (nSPS) is 21.0. The van der Waals surface area contributed by atoms with Gasteiger partial charge in [0.2, 0.25) is 0 Å². The van der Waals surface area contributed by atoms with Crippen molar-refractivity contribution in [2.75, 3.05) is 6.54 Å². The molecule has 108 valence electrons. The lowest BCUT2D eigenvalue weighted by Crippen LogP contribution is -2.28. The van der Waals surface area contributed by atoms with Gasteiger partial charge in [0.05, 0.1) is 12.2 Å². The van der Waals surface area contributed by atoms with Crippen molar-refractivity contribution in [1.82, 2.24) is 19.8 Å². The van der Waals surface area contributed by atoms with Gasteiger partial charge in [-0.1, -0.05) is 18.0 Å². The van der Waals surface area contributed by atoms with Crippen molar-refractivity contribution in [3.05, 3.63) is 35.5 Å². The monoisotopic (exact) mass is 274 g/mol. The molecular formula is C15H22N4O. The van der Waals surface area contributed by atoms with Crippen LogP contribution in [0.4, 0.5) is 0 Å². The summed E-state index contributed by atoms with van der Waals surface area (Å²) in [5.41, 5.74) is 2.34. The van der Waals surface area contributed by atoms with Crippen LogP contribution in [0.1, 0.15) is 48.7 Å². The molecule has 1 aliphatic heterocycles. The molecule has 0 aromatic carbocycles. The predicted molar refractivity (Wildman–Crippen MR) is 76.1 cm³/mol. The van der Waals surface area contributed by atoms with Crippen molar-refractivity contribution in [2.45, 2.75) is 45.2 Å². The van der Waals surface area contributed by atoms with Crippen molar-refractivity contribution in [3.63, 3.8) is 0 Å². The van der Waals surface area contributed by atoms with E-state index in [9.17, 15) is 0 Å². The molecule has 20 heavy (non-hydrogen) atoms. The molecular weight excluding hydrogens is 252 g/mol. The minimum atomic E-state index is 0.371. The number of hydrogen-bond donors (Lipinski definition) is 0. The Hall–Kier alpha value is -1.62. The van der Waals surface area contributed by atoms with Crippen LogP contribution in [0.2, 0.25) is 0 Å². The molecule has 2 aromatic heterocycles. The zero-order valence-corrected chi connectivity index (χ0v) is 12.2. The van der Waals surface area contributed by atoms with Crippen LogP contribution in [-0.4, -0.2) is 26.4 Å². The third-order valence-electron chi connectivity index (χ3n) is 4.00. The molecule has 1 atom stereocenters. The van der Waals surface area contributed by atoms with Gasteiger partial charge in [-0.3, -0.25) is 9.58 Å². The number of likely N-dealkylation sites (tertiary alicyclic amines) is 1. The van der Waals surface area contributed by atoms with Gasteiger partial charge in [0.15, 0.2) is 0 Å². The van der Waals surface area contributed by atoms with Gasteiger partial charge >= 0.3 is 0 Å². The fourth-order valence-electron chi connectivity index (χ4n) is 3.02. The lowest BCUT2D eigenvalue weighted by molar-refractivity contribution is 0.183. The Kier molecular flexibility index (Phi) is 3.87. The summed E-state index contributed by atoms with van der Waals surface area (Å²) in [6.07, 6.45) is 9.03. The Labute approximate surface area is 119 Å². The number of rotatable bonds is 3. The molecule has 1 fully saturated rings. The van der Waals surface area contributed by atoms with Crippen molar-refractivity contribution in [1.29, 1.82) is 0 Å². The van der Waals surface area contributed by atoms with Gasteiger partial charge in [0.1, 0.15) is 11.5 Å². The van der Waals surface area contributed by atoms with Gasteiger partial charge < -0.3 is 4.52 Å². The largest absolute Gasteiger partial charge is 0.361 e. The molecule has 5 heteroatoms. The maximum absolute atomic E-state index is 5.27. The summed E-state index contributed by atoms with van der Waals surface area (Å²) in [6, 6.07) is 2.45. The second-order valence-electron chi connectivity index (χ2n) is 5.72. The van der Waals surface area contributed by atoms with Crippen LogP contribution in [0, 0.1) is 6.92 Å². The van der Waals surface area contributed by atoms with E-state index in [1.807, 2.05) is 24.9 Å². The van der Waals surface area contributed by atoms with Crippen LogP contribution in [-0.2, 0) is 13.6 Å². The Morgan fingerprint density at radius 3 is 2.95 bits per heavy atom. The van der Waals surface area contributed by atoms with E-state index in [-0.39, 0.29) is 0 Å². The highest BCUT2D eigenvalue weighted by molar-refractivity contribution is 5.11. The molecule has 0 unspecified atom stereocenters. The summed E-state index contributed by atoms with van der Waals surface area (Å²) in [5, 5.41) is 8.50. The van der Waals surface area contributed by atoms with E-state index >= 15 is 0 Å². The number of nitrogens with zero attached hydrogens (tertiary/aromatic N) is 4. The van der Waals surface area contributed by atoms with E-state index in [4.69, 9.17) is 4.52 Å². The predicted octanol–water partition coefficient (Wildman–Crippen LogP) is 2.83. The zero-order valence-electron chi connectivity index (χ0n) is 12.2. The van der Waals surface area contributed by atoms with Crippen LogP contribution in [0.15, 0.2) is 23.0 Å². The minimum Gasteiger partial charge on any atom is -0.361 e. The SMILES string of the molecule is Cc1cc([C@H]2CCCCCN2Cc2cnn(C)c2)no1. The van der Waals surface area contributed by atoms with E-state index in [0.29, 0.717) is 6.04 Å². The van der Waals surface area contributed by atoms with Crippen LogP contribution < -0.4 is 0 Å². The van der Waals surface area contributed by atoms with Crippen LogP contribution in [0.25, 0.3) is 0 Å². The molecule has 3 rings (SSSR count). The first-order chi connectivity index (χ1) is 9.72. The fourth-order valence-corrected chi connectivity index (χ4v) is 3.02.